The molecule has 3 aliphatic heterocycles. The monoisotopic (exact) mass is 318 g/mol. The Balaban J connectivity index is 1.98. The van der Waals surface area contributed by atoms with Crippen molar-refractivity contribution in [3.63, 3.8) is 0 Å². The lowest BCUT2D eigenvalue weighted by atomic mass is 9.66. The third-order valence-corrected chi connectivity index (χ3v) is 5.89. The van der Waals surface area contributed by atoms with Crippen LogP contribution in [0, 0.1) is 5.92 Å². The van der Waals surface area contributed by atoms with E-state index < -0.39 is 0 Å². The summed E-state index contributed by atoms with van der Waals surface area (Å²) in [4.78, 5) is 2.52. The minimum absolute atomic E-state index is 0.155. The molecule has 3 nitrogen and oxygen atoms in total. The number of allylic oxidation sites excluding steroid dienone is 3. The lowest BCUT2D eigenvalue weighted by Gasteiger charge is -2.53. The van der Waals surface area contributed by atoms with Gasteiger partial charge in [0.15, 0.2) is 0 Å². The second-order valence-electron chi connectivity index (χ2n) is 7.43. The molecule has 122 valence electrons. The second kappa shape index (κ2) is 4.56. The van der Waals surface area contributed by atoms with Gasteiger partial charge in [-0.3, -0.25) is 0 Å². The number of rotatable bonds is 1. The molecule has 5 rings (SSSR count). The molecule has 1 saturated heterocycles. The van der Waals surface area contributed by atoms with Crippen LogP contribution in [0.25, 0.3) is 11.4 Å². The van der Waals surface area contributed by atoms with Crippen molar-refractivity contribution in [3.05, 3.63) is 64.3 Å². The summed E-state index contributed by atoms with van der Waals surface area (Å²) in [5, 5.41) is 16.3. The van der Waals surface area contributed by atoms with Gasteiger partial charge in [0, 0.05) is 22.3 Å². The molecule has 24 heavy (non-hydrogen) atoms. The third-order valence-electron chi connectivity index (χ3n) is 5.89. The van der Waals surface area contributed by atoms with Gasteiger partial charge in [-0.2, -0.15) is 0 Å². The lowest BCUT2D eigenvalue weighted by molar-refractivity contribution is 0.233. The minimum atomic E-state index is -0.155. The topological polar surface area (TPSA) is 35.5 Å². The molecule has 4 aliphatic rings. The van der Waals surface area contributed by atoms with Gasteiger partial charge in [-0.25, -0.2) is 0 Å². The van der Waals surface area contributed by atoms with E-state index in [9.17, 15) is 5.11 Å². The van der Waals surface area contributed by atoms with Crippen molar-refractivity contribution in [2.24, 2.45) is 5.92 Å². The highest BCUT2D eigenvalue weighted by atomic mass is 16.3. The average molecular weight is 318 g/mol. The molecule has 0 amide bonds. The summed E-state index contributed by atoms with van der Waals surface area (Å²) in [6.45, 7) is 4.55. The molecule has 0 bridgehead atoms. The van der Waals surface area contributed by atoms with Crippen LogP contribution in [-0.2, 0) is 0 Å². The summed E-state index contributed by atoms with van der Waals surface area (Å²) < 4.78 is 0. The lowest BCUT2D eigenvalue weighted by Crippen LogP contribution is -2.60. The number of piperidine rings is 1. The Labute approximate surface area is 142 Å². The maximum atomic E-state index is 10.7. The average Bonchev–Trinajstić information content (AvgIpc) is 3.01. The van der Waals surface area contributed by atoms with Gasteiger partial charge in [0.1, 0.15) is 11.6 Å². The Kier molecular flexibility index (Phi) is 2.66. The van der Waals surface area contributed by atoms with Crippen LogP contribution in [0.1, 0.15) is 33.1 Å². The van der Waals surface area contributed by atoms with Gasteiger partial charge < -0.3 is 15.3 Å². The number of fused-ring (bicyclic) bond motifs is 1. The fourth-order valence-electron chi connectivity index (χ4n) is 5.07. The number of nitrogens with one attached hydrogen (secondary N) is 1. The maximum absolute atomic E-state index is 10.7. The first-order chi connectivity index (χ1) is 11.6. The van der Waals surface area contributed by atoms with Gasteiger partial charge in [0.05, 0.1) is 5.54 Å². The van der Waals surface area contributed by atoms with Crippen LogP contribution in [0.3, 0.4) is 0 Å². The normalized spacial score (nSPS) is 26.5. The first-order valence-electron chi connectivity index (χ1n) is 8.86. The molecule has 1 unspecified atom stereocenters. The molecule has 0 radical (unpaired) electrons. The molecule has 2 N–H and O–H groups in total. The Bertz CT molecular complexity index is 964. The molecule has 0 saturated carbocycles. The highest BCUT2D eigenvalue weighted by Gasteiger charge is 2.52. The molecule has 1 aromatic rings. The molecule has 1 atom stereocenters. The van der Waals surface area contributed by atoms with E-state index >= 15 is 0 Å². The number of nitrogens with zero attached hydrogens (tertiary/aromatic N) is 1. The zero-order chi connectivity index (χ0) is 16.5. The minimum Gasteiger partial charge on any atom is -0.507 e. The summed E-state index contributed by atoms with van der Waals surface area (Å²) in [5.41, 5.74) is 3.91. The van der Waals surface area contributed by atoms with Crippen molar-refractivity contribution in [3.8, 4) is 5.75 Å². The Hall–Kier alpha value is -2.42. The number of hydrogen-bond donors (Lipinski definition) is 2. The van der Waals surface area contributed by atoms with Crippen LogP contribution in [0.5, 0.6) is 5.75 Å². The number of hydrogen-bond acceptors (Lipinski definition) is 3. The molecule has 1 fully saturated rings. The van der Waals surface area contributed by atoms with E-state index in [0.717, 1.165) is 29.1 Å². The first-order valence-corrected chi connectivity index (χ1v) is 8.86. The Morgan fingerprint density at radius 3 is 3.00 bits per heavy atom. The molecule has 1 aromatic carbocycles. The third kappa shape index (κ3) is 1.48. The highest BCUT2D eigenvalue weighted by Crippen LogP contribution is 2.52. The van der Waals surface area contributed by atoms with Crippen LogP contribution >= 0.6 is 0 Å². The fraction of sp³-hybridized carbons (Fsp3) is 0.333. The second-order valence-corrected chi connectivity index (χ2v) is 7.43. The molecular weight excluding hydrogens is 296 g/mol. The predicted octanol–water partition coefficient (Wildman–Crippen LogP) is 2.44. The van der Waals surface area contributed by atoms with E-state index in [1.165, 1.54) is 23.3 Å². The van der Waals surface area contributed by atoms with Crippen LogP contribution in [0.4, 0.5) is 0 Å². The molecule has 1 spiro atoms. The van der Waals surface area contributed by atoms with E-state index in [2.05, 4.69) is 54.6 Å². The van der Waals surface area contributed by atoms with E-state index in [-0.39, 0.29) is 5.54 Å². The van der Waals surface area contributed by atoms with Gasteiger partial charge in [0.25, 0.3) is 0 Å². The summed E-state index contributed by atoms with van der Waals surface area (Å²) in [5.74, 6) is 1.96. The van der Waals surface area contributed by atoms with Crippen LogP contribution in [0.2, 0.25) is 0 Å². The number of aromatic hydroxyl groups is 1. The summed E-state index contributed by atoms with van der Waals surface area (Å²) >= 11 is 0. The summed E-state index contributed by atoms with van der Waals surface area (Å²) in [6.07, 6.45) is 12.2. The van der Waals surface area contributed by atoms with Crippen molar-refractivity contribution in [1.82, 2.24) is 10.2 Å². The highest BCUT2D eigenvalue weighted by molar-refractivity contribution is 5.81. The van der Waals surface area contributed by atoms with E-state index in [4.69, 9.17) is 0 Å². The molecular formula is C21H22N2O. The maximum Gasteiger partial charge on any atom is 0.123 e. The summed E-state index contributed by atoms with van der Waals surface area (Å²) in [7, 11) is 0. The van der Waals surface area contributed by atoms with Gasteiger partial charge in [-0.05, 0) is 42.4 Å². The zero-order valence-corrected chi connectivity index (χ0v) is 14.1. The summed E-state index contributed by atoms with van der Waals surface area (Å²) in [6, 6.07) is 5.86. The molecule has 3 heteroatoms. The Morgan fingerprint density at radius 2 is 2.17 bits per heavy atom. The molecule has 1 aliphatic carbocycles. The van der Waals surface area contributed by atoms with Crippen LogP contribution < -0.4 is 15.8 Å². The van der Waals surface area contributed by atoms with Crippen LogP contribution in [-0.4, -0.2) is 15.5 Å². The van der Waals surface area contributed by atoms with E-state index in [1.54, 1.807) is 0 Å². The SMILES string of the molecule is CC(C)C1=CC=CC2=c3c(O)cccc3=C3NC=C4CCCC12N43. The van der Waals surface area contributed by atoms with Gasteiger partial charge in [-0.15, -0.1) is 0 Å². The van der Waals surface area contributed by atoms with Crippen molar-refractivity contribution < 1.29 is 5.11 Å². The Morgan fingerprint density at radius 1 is 1.29 bits per heavy atom. The van der Waals surface area contributed by atoms with E-state index in [0.29, 0.717) is 11.7 Å². The predicted molar refractivity (Wildman–Crippen MR) is 95.9 cm³/mol. The molecule has 0 aromatic heterocycles. The number of phenols is 1. The molecule has 3 heterocycles. The van der Waals surface area contributed by atoms with Gasteiger partial charge in [0.2, 0.25) is 0 Å². The van der Waals surface area contributed by atoms with Crippen molar-refractivity contribution in [1.29, 1.82) is 0 Å². The fourth-order valence-corrected chi connectivity index (χ4v) is 5.07. The van der Waals surface area contributed by atoms with Crippen molar-refractivity contribution in [2.75, 3.05) is 0 Å². The standard InChI is InChI=1S/C21H22N2O/c1-13(2)16-8-4-9-17-19-15(7-3-10-18(19)24)20-22-12-14-6-5-11-21(16,17)23(14)20/h3-4,7-10,12-13,22,24H,5-6,11H2,1-2H3. The quantitative estimate of drug-likeness (QED) is 0.835. The van der Waals surface area contributed by atoms with Crippen molar-refractivity contribution >= 4 is 11.4 Å². The zero-order valence-electron chi connectivity index (χ0n) is 14.1. The first kappa shape index (κ1) is 14.0. The van der Waals surface area contributed by atoms with E-state index in [1.807, 2.05) is 12.1 Å². The number of benzene rings is 1. The van der Waals surface area contributed by atoms with Gasteiger partial charge in [-0.1, -0.05) is 44.2 Å². The van der Waals surface area contributed by atoms with Gasteiger partial charge >= 0.3 is 0 Å². The van der Waals surface area contributed by atoms with Crippen molar-refractivity contribution in [2.45, 2.75) is 38.6 Å². The number of phenolic OH excluding ortho intramolecular Hbond substituents is 1. The van der Waals surface area contributed by atoms with Crippen LogP contribution in [0.15, 0.2) is 53.9 Å². The smallest absolute Gasteiger partial charge is 0.123 e. The largest absolute Gasteiger partial charge is 0.507 e.